The van der Waals surface area contributed by atoms with Crippen LogP contribution in [0.5, 0.6) is 5.75 Å². The Morgan fingerprint density at radius 1 is 1.22 bits per heavy atom. The lowest BCUT2D eigenvalue weighted by Crippen LogP contribution is -2.22. The maximum absolute atomic E-state index is 12.9. The van der Waals surface area contributed by atoms with Crippen LogP contribution < -0.4 is 10.3 Å². The highest BCUT2D eigenvalue weighted by Crippen LogP contribution is 2.23. The van der Waals surface area contributed by atoms with Crippen LogP contribution in [-0.4, -0.2) is 34.1 Å². The SMILES string of the molecule is COc1cccc(-n2c(SCCO)nc3ccccc3c2=O)c1. The van der Waals surface area contributed by atoms with Crippen LogP contribution >= 0.6 is 11.8 Å². The summed E-state index contributed by atoms with van der Waals surface area (Å²) in [6.45, 7) is 0.0193. The van der Waals surface area contributed by atoms with Crippen LogP contribution in [0, 0.1) is 0 Å². The Kier molecular flexibility index (Phi) is 4.64. The summed E-state index contributed by atoms with van der Waals surface area (Å²) in [5.41, 5.74) is 1.20. The highest BCUT2D eigenvalue weighted by molar-refractivity contribution is 7.99. The molecule has 23 heavy (non-hydrogen) atoms. The standard InChI is InChI=1S/C17H16N2O3S/c1-22-13-6-4-5-12(11-13)19-16(21)14-7-2-3-8-15(14)18-17(19)23-10-9-20/h2-8,11,20H,9-10H2,1H3. The third-order valence-corrected chi connectivity index (χ3v) is 4.30. The van der Waals surface area contributed by atoms with Crippen molar-refractivity contribution in [2.45, 2.75) is 5.16 Å². The Labute approximate surface area is 137 Å². The van der Waals surface area contributed by atoms with Gasteiger partial charge >= 0.3 is 0 Å². The summed E-state index contributed by atoms with van der Waals surface area (Å²) in [7, 11) is 1.59. The predicted molar refractivity (Wildman–Crippen MR) is 91.7 cm³/mol. The average molecular weight is 328 g/mol. The molecule has 5 nitrogen and oxygen atoms in total. The van der Waals surface area contributed by atoms with Crippen molar-refractivity contribution >= 4 is 22.7 Å². The van der Waals surface area contributed by atoms with Gasteiger partial charge in [-0.15, -0.1) is 0 Å². The van der Waals surface area contributed by atoms with E-state index >= 15 is 0 Å². The number of rotatable bonds is 5. The Bertz CT molecular complexity index is 892. The number of thioether (sulfide) groups is 1. The fourth-order valence-electron chi connectivity index (χ4n) is 2.32. The summed E-state index contributed by atoms with van der Waals surface area (Å²) >= 11 is 1.35. The van der Waals surface area contributed by atoms with Crippen LogP contribution in [-0.2, 0) is 0 Å². The van der Waals surface area contributed by atoms with Gasteiger partial charge in [-0.1, -0.05) is 30.0 Å². The maximum atomic E-state index is 12.9. The number of fused-ring (bicyclic) bond motifs is 1. The molecule has 0 bridgehead atoms. The molecule has 1 N–H and O–H groups in total. The molecule has 0 amide bonds. The number of aliphatic hydroxyl groups is 1. The summed E-state index contributed by atoms with van der Waals surface area (Å²) < 4.78 is 6.80. The quantitative estimate of drug-likeness (QED) is 0.576. The van der Waals surface area contributed by atoms with E-state index in [2.05, 4.69) is 4.98 Å². The molecule has 1 aromatic heterocycles. The third kappa shape index (κ3) is 3.09. The minimum atomic E-state index is -0.135. The Morgan fingerprint density at radius 2 is 2.04 bits per heavy atom. The van der Waals surface area contributed by atoms with Crippen LogP contribution in [0.2, 0.25) is 0 Å². The Balaban J connectivity index is 2.27. The zero-order chi connectivity index (χ0) is 16.2. The topological polar surface area (TPSA) is 64.3 Å². The molecule has 0 fully saturated rings. The van der Waals surface area contributed by atoms with E-state index in [1.54, 1.807) is 23.8 Å². The van der Waals surface area contributed by atoms with Gasteiger partial charge < -0.3 is 9.84 Å². The van der Waals surface area contributed by atoms with E-state index in [1.807, 2.05) is 36.4 Å². The largest absolute Gasteiger partial charge is 0.497 e. The van der Waals surface area contributed by atoms with Gasteiger partial charge in [0.05, 0.1) is 30.3 Å². The van der Waals surface area contributed by atoms with E-state index < -0.39 is 0 Å². The van der Waals surface area contributed by atoms with E-state index in [4.69, 9.17) is 9.84 Å². The lowest BCUT2D eigenvalue weighted by Gasteiger charge is -2.13. The van der Waals surface area contributed by atoms with Gasteiger partial charge in [-0.25, -0.2) is 4.98 Å². The van der Waals surface area contributed by atoms with Crippen LogP contribution in [0.15, 0.2) is 58.5 Å². The maximum Gasteiger partial charge on any atom is 0.266 e. The van der Waals surface area contributed by atoms with Crippen LogP contribution in [0.1, 0.15) is 0 Å². The zero-order valence-corrected chi connectivity index (χ0v) is 13.4. The van der Waals surface area contributed by atoms with Crippen LogP contribution in [0.25, 0.3) is 16.6 Å². The van der Waals surface area contributed by atoms with E-state index in [0.717, 1.165) is 0 Å². The number of aliphatic hydroxyl groups excluding tert-OH is 1. The minimum absolute atomic E-state index is 0.0193. The summed E-state index contributed by atoms with van der Waals surface area (Å²) in [6, 6.07) is 14.5. The van der Waals surface area contributed by atoms with Crippen molar-refractivity contribution in [1.82, 2.24) is 9.55 Å². The molecule has 0 aliphatic rings. The van der Waals surface area contributed by atoms with Gasteiger partial charge in [0.1, 0.15) is 5.75 Å². The lowest BCUT2D eigenvalue weighted by molar-refractivity contribution is 0.322. The summed E-state index contributed by atoms with van der Waals surface area (Å²) in [6.07, 6.45) is 0. The summed E-state index contributed by atoms with van der Waals surface area (Å²) in [5, 5.41) is 10.2. The molecule has 0 saturated heterocycles. The normalized spacial score (nSPS) is 10.9. The third-order valence-electron chi connectivity index (χ3n) is 3.38. The van der Waals surface area contributed by atoms with E-state index in [-0.39, 0.29) is 12.2 Å². The molecule has 0 unspecified atom stereocenters. The molecule has 3 aromatic rings. The molecule has 6 heteroatoms. The summed E-state index contributed by atoms with van der Waals surface area (Å²) in [4.78, 5) is 17.5. The van der Waals surface area contributed by atoms with E-state index in [9.17, 15) is 4.79 Å². The number of hydrogen-bond donors (Lipinski definition) is 1. The molecule has 0 spiro atoms. The molecule has 0 aliphatic carbocycles. The molecular weight excluding hydrogens is 312 g/mol. The number of benzene rings is 2. The van der Waals surface area contributed by atoms with Gasteiger partial charge in [0.25, 0.3) is 5.56 Å². The highest BCUT2D eigenvalue weighted by atomic mass is 32.2. The second-order valence-electron chi connectivity index (χ2n) is 4.83. The monoisotopic (exact) mass is 328 g/mol. The fraction of sp³-hybridized carbons (Fsp3) is 0.176. The van der Waals surface area contributed by atoms with Crippen molar-refractivity contribution < 1.29 is 9.84 Å². The van der Waals surface area contributed by atoms with Gasteiger partial charge in [0, 0.05) is 11.8 Å². The van der Waals surface area contributed by atoms with Crippen LogP contribution in [0.3, 0.4) is 0 Å². The van der Waals surface area contributed by atoms with Gasteiger partial charge in [0.2, 0.25) is 0 Å². The first-order valence-corrected chi connectivity index (χ1v) is 8.13. The smallest absolute Gasteiger partial charge is 0.266 e. The minimum Gasteiger partial charge on any atom is -0.497 e. The number of aromatic nitrogens is 2. The van der Waals surface area contributed by atoms with Crippen molar-refractivity contribution in [2.75, 3.05) is 19.5 Å². The second kappa shape index (κ2) is 6.85. The first-order chi connectivity index (χ1) is 11.2. The van der Waals surface area contributed by atoms with Crippen molar-refractivity contribution in [3.05, 3.63) is 58.9 Å². The van der Waals surface area contributed by atoms with Gasteiger partial charge in [-0.3, -0.25) is 9.36 Å². The molecule has 0 radical (unpaired) electrons. The fourth-order valence-corrected chi connectivity index (χ4v) is 3.08. The number of para-hydroxylation sites is 1. The van der Waals surface area contributed by atoms with Crippen molar-refractivity contribution in [1.29, 1.82) is 0 Å². The van der Waals surface area contributed by atoms with Gasteiger partial charge in [0.15, 0.2) is 5.16 Å². The molecular formula is C17H16N2O3S. The van der Waals surface area contributed by atoms with Gasteiger partial charge in [-0.2, -0.15) is 0 Å². The Morgan fingerprint density at radius 3 is 2.83 bits per heavy atom. The predicted octanol–water partition coefficient (Wildman–Crippen LogP) is 2.48. The van der Waals surface area contributed by atoms with E-state index in [0.29, 0.717) is 33.2 Å². The lowest BCUT2D eigenvalue weighted by atomic mass is 10.2. The molecule has 0 atom stereocenters. The first-order valence-electron chi connectivity index (χ1n) is 7.14. The molecule has 118 valence electrons. The molecule has 2 aromatic carbocycles. The highest BCUT2D eigenvalue weighted by Gasteiger charge is 2.13. The zero-order valence-electron chi connectivity index (χ0n) is 12.6. The van der Waals surface area contributed by atoms with Gasteiger partial charge in [-0.05, 0) is 24.3 Å². The molecule has 1 heterocycles. The Hall–Kier alpha value is -2.31. The van der Waals surface area contributed by atoms with E-state index in [1.165, 1.54) is 11.8 Å². The number of methoxy groups -OCH3 is 1. The number of hydrogen-bond acceptors (Lipinski definition) is 5. The molecule has 0 aliphatic heterocycles. The number of ether oxygens (including phenoxy) is 1. The average Bonchev–Trinajstić information content (AvgIpc) is 2.60. The summed E-state index contributed by atoms with van der Waals surface area (Å²) in [5.74, 6) is 1.13. The first kappa shape index (κ1) is 15.6. The molecule has 0 saturated carbocycles. The van der Waals surface area contributed by atoms with Crippen molar-refractivity contribution in [3.63, 3.8) is 0 Å². The van der Waals surface area contributed by atoms with Crippen LogP contribution in [0.4, 0.5) is 0 Å². The molecule has 3 rings (SSSR count). The van der Waals surface area contributed by atoms with Crippen molar-refractivity contribution in [3.8, 4) is 11.4 Å². The second-order valence-corrected chi connectivity index (χ2v) is 5.89. The van der Waals surface area contributed by atoms with Crippen molar-refractivity contribution in [2.24, 2.45) is 0 Å². The number of nitrogens with zero attached hydrogens (tertiary/aromatic N) is 2.